The molecule has 2 nitrogen and oxygen atoms in total. The smallest absolute Gasteiger partial charge is 0.113 e. The van der Waals surface area contributed by atoms with E-state index in [1.807, 2.05) is 6.20 Å². The van der Waals surface area contributed by atoms with Gasteiger partial charge in [-0.2, -0.15) is 0 Å². The molecule has 1 atom stereocenters. The van der Waals surface area contributed by atoms with Crippen LogP contribution < -0.4 is 0 Å². The van der Waals surface area contributed by atoms with E-state index in [1.54, 1.807) is 0 Å². The molecule has 2 rings (SSSR count). The topological polar surface area (TPSA) is 15.8 Å². The Morgan fingerprint density at radius 1 is 1.25 bits per heavy atom. The Balaban J connectivity index is 2.63. The molecule has 0 saturated heterocycles. The molecule has 0 aliphatic carbocycles. The van der Waals surface area contributed by atoms with Gasteiger partial charge in [-0.3, -0.25) is 0 Å². The predicted molar refractivity (Wildman–Crippen MR) is 72.4 cm³/mol. The molecular weight excluding hydrogens is 264 g/mol. The van der Waals surface area contributed by atoms with Crippen molar-refractivity contribution in [1.29, 1.82) is 0 Å². The Bertz CT molecular complexity index is 508. The summed E-state index contributed by atoms with van der Waals surface area (Å²) in [5.74, 6) is 0. The lowest BCUT2D eigenvalue weighted by molar-refractivity contribution is -0.900. The highest BCUT2D eigenvalue weighted by Crippen LogP contribution is 2.31. The number of H-pyrrole nitrogens is 1. The summed E-state index contributed by atoms with van der Waals surface area (Å²) in [6.07, 6.45) is 2.00. The highest BCUT2D eigenvalue weighted by atomic mass is 79.9. The van der Waals surface area contributed by atoms with Crippen LogP contribution in [0.5, 0.6) is 0 Å². The largest absolute Gasteiger partial charge is 0.361 e. The fourth-order valence-corrected chi connectivity index (χ4v) is 2.40. The monoisotopic (exact) mass is 281 g/mol. The van der Waals surface area contributed by atoms with Crippen LogP contribution in [0.3, 0.4) is 0 Å². The average molecular weight is 282 g/mol. The van der Waals surface area contributed by atoms with Gasteiger partial charge in [0.2, 0.25) is 0 Å². The maximum atomic E-state index is 3.58. The summed E-state index contributed by atoms with van der Waals surface area (Å²) in [4.78, 5) is 3.34. The van der Waals surface area contributed by atoms with E-state index in [-0.39, 0.29) is 0 Å². The number of halogens is 1. The van der Waals surface area contributed by atoms with Crippen LogP contribution in [-0.4, -0.2) is 30.6 Å². The second-order valence-corrected chi connectivity index (χ2v) is 6.14. The molecule has 0 bridgehead atoms. The first-order valence-electron chi connectivity index (χ1n) is 5.47. The average Bonchev–Trinajstić information content (AvgIpc) is 2.61. The number of nitrogens with zero attached hydrogens (tertiary/aromatic N) is 1. The third kappa shape index (κ3) is 2.02. The number of aromatic nitrogens is 1. The maximum absolute atomic E-state index is 3.58. The molecule has 16 heavy (non-hydrogen) atoms. The molecule has 0 amide bonds. The van der Waals surface area contributed by atoms with Crippen molar-refractivity contribution >= 4 is 26.8 Å². The molecule has 1 unspecified atom stereocenters. The van der Waals surface area contributed by atoms with E-state index in [4.69, 9.17) is 0 Å². The highest BCUT2D eigenvalue weighted by Gasteiger charge is 2.23. The van der Waals surface area contributed by atoms with Crippen molar-refractivity contribution in [2.24, 2.45) is 0 Å². The number of benzene rings is 1. The van der Waals surface area contributed by atoms with Gasteiger partial charge >= 0.3 is 0 Å². The molecule has 0 aliphatic rings. The van der Waals surface area contributed by atoms with Gasteiger partial charge in [0.1, 0.15) is 6.04 Å². The van der Waals surface area contributed by atoms with E-state index in [2.05, 4.69) is 67.2 Å². The zero-order valence-electron chi connectivity index (χ0n) is 10.2. The summed E-state index contributed by atoms with van der Waals surface area (Å²) in [6.45, 7) is 2.27. The molecule has 1 aromatic carbocycles. The zero-order valence-corrected chi connectivity index (χ0v) is 11.8. The quantitative estimate of drug-likeness (QED) is 0.808. The second kappa shape index (κ2) is 3.90. The summed E-state index contributed by atoms with van der Waals surface area (Å²) in [7, 11) is 6.67. The maximum Gasteiger partial charge on any atom is 0.113 e. The first-order chi connectivity index (χ1) is 7.39. The molecular formula is C13H18BrN2+. The van der Waals surface area contributed by atoms with Gasteiger partial charge in [-0.25, -0.2) is 0 Å². The summed E-state index contributed by atoms with van der Waals surface area (Å²) in [5.41, 5.74) is 2.62. The van der Waals surface area contributed by atoms with Gasteiger partial charge in [0.15, 0.2) is 0 Å². The number of nitrogens with one attached hydrogen (secondary N) is 1. The highest BCUT2D eigenvalue weighted by molar-refractivity contribution is 9.10. The van der Waals surface area contributed by atoms with Crippen molar-refractivity contribution < 1.29 is 4.48 Å². The zero-order chi connectivity index (χ0) is 11.9. The minimum Gasteiger partial charge on any atom is -0.361 e. The van der Waals surface area contributed by atoms with Crippen LogP contribution in [-0.2, 0) is 0 Å². The first kappa shape index (κ1) is 11.7. The molecule has 0 fully saturated rings. The van der Waals surface area contributed by atoms with Gasteiger partial charge in [0.05, 0.1) is 26.7 Å². The Labute approximate surface area is 105 Å². The van der Waals surface area contributed by atoms with Crippen molar-refractivity contribution in [3.05, 3.63) is 34.4 Å². The Kier molecular flexibility index (Phi) is 2.84. The Hall–Kier alpha value is -0.800. The van der Waals surface area contributed by atoms with Gasteiger partial charge in [-0.1, -0.05) is 15.9 Å². The lowest BCUT2D eigenvalue weighted by Crippen LogP contribution is -2.37. The fourth-order valence-electron chi connectivity index (χ4n) is 1.91. The van der Waals surface area contributed by atoms with Crippen LogP contribution in [0.15, 0.2) is 28.9 Å². The van der Waals surface area contributed by atoms with Crippen LogP contribution in [0.25, 0.3) is 10.9 Å². The standard InChI is InChI=1S/C13H18BrN2/c1-9(16(2,3)4)12-8-11(14)7-10-5-6-15-13(10)12/h5-9,15H,1-4H3/q+1. The van der Waals surface area contributed by atoms with Gasteiger partial charge < -0.3 is 9.47 Å². The third-order valence-electron chi connectivity index (χ3n) is 3.27. The number of hydrogen-bond acceptors (Lipinski definition) is 0. The van der Waals surface area contributed by atoms with Gasteiger partial charge in [-0.05, 0) is 25.1 Å². The number of aromatic amines is 1. The van der Waals surface area contributed by atoms with E-state index in [9.17, 15) is 0 Å². The molecule has 2 aromatic rings. The summed E-state index contributed by atoms with van der Waals surface area (Å²) in [6, 6.07) is 6.94. The van der Waals surface area contributed by atoms with Crippen molar-refractivity contribution in [2.45, 2.75) is 13.0 Å². The number of hydrogen-bond donors (Lipinski definition) is 1. The van der Waals surface area contributed by atoms with Crippen molar-refractivity contribution in [3.63, 3.8) is 0 Å². The number of fused-ring (bicyclic) bond motifs is 1. The summed E-state index contributed by atoms with van der Waals surface area (Å²) >= 11 is 3.58. The van der Waals surface area contributed by atoms with Crippen molar-refractivity contribution in [3.8, 4) is 0 Å². The molecule has 86 valence electrons. The van der Waals surface area contributed by atoms with E-state index in [0.717, 1.165) is 8.96 Å². The van der Waals surface area contributed by atoms with Gasteiger partial charge in [0, 0.05) is 21.6 Å². The summed E-state index contributed by atoms with van der Waals surface area (Å²) in [5, 5.41) is 1.27. The molecule has 0 spiro atoms. The van der Waals surface area contributed by atoms with Crippen LogP contribution >= 0.6 is 15.9 Å². The van der Waals surface area contributed by atoms with E-state index in [1.165, 1.54) is 16.5 Å². The molecule has 3 heteroatoms. The molecule has 1 heterocycles. The van der Waals surface area contributed by atoms with Crippen LogP contribution in [0.4, 0.5) is 0 Å². The predicted octanol–water partition coefficient (Wildman–Crippen LogP) is 3.70. The number of quaternary nitrogens is 1. The SMILES string of the molecule is CC(c1cc(Br)cc2cc[nH]c12)[N+](C)(C)C. The Morgan fingerprint density at radius 3 is 2.56 bits per heavy atom. The second-order valence-electron chi connectivity index (χ2n) is 5.23. The lowest BCUT2D eigenvalue weighted by atomic mass is 10.0. The molecule has 1 aromatic heterocycles. The minimum absolute atomic E-state index is 0.457. The van der Waals surface area contributed by atoms with E-state index in [0.29, 0.717) is 6.04 Å². The fraction of sp³-hybridized carbons (Fsp3) is 0.385. The number of rotatable bonds is 2. The molecule has 0 radical (unpaired) electrons. The molecule has 0 saturated carbocycles. The molecule has 0 aliphatic heterocycles. The first-order valence-corrected chi connectivity index (χ1v) is 6.26. The lowest BCUT2D eigenvalue weighted by Gasteiger charge is -2.32. The normalized spacial score (nSPS) is 14.3. The minimum atomic E-state index is 0.457. The van der Waals surface area contributed by atoms with Crippen LogP contribution in [0.2, 0.25) is 0 Å². The molecule has 1 N–H and O–H groups in total. The van der Waals surface area contributed by atoms with E-state index >= 15 is 0 Å². The van der Waals surface area contributed by atoms with Crippen LogP contribution in [0.1, 0.15) is 18.5 Å². The van der Waals surface area contributed by atoms with Gasteiger partial charge in [0.25, 0.3) is 0 Å². The van der Waals surface area contributed by atoms with Crippen molar-refractivity contribution in [1.82, 2.24) is 4.98 Å². The van der Waals surface area contributed by atoms with E-state index < -0.39 is 0 Å². The van der Waals surface area contributed by atoms with Gasteiger partial charge in [-0.15, -0.1) is 0 Å². The Morgan fingerprint density at radius 2 is 1.94 bits per heavy atom. The summed E-state index contributed by atoms with van der Waals surface area (Å²) < 4.78 is 2.07. The van der Waals surface area contributed by atoms with Crippen LogP contribution in [0, 0.1) is 0 Å². The van der Waals surface area contributed by atoms with Crippen molar-refractivity contribution in [2.75, 3.05) is 21.1 Å². The third-order valence-corrected chi connectivity index (χ3v) is 3.72.